The molecule has 0 spiro atoms. The molecule has 0 atom stereocenters. The number of amides is 1. The lowest BCUT2D eigenvalue weighted by Gasteiger charge is -2.29. The molecule has 2 aromatic carbocycles. The van der Waals surface area contributed by atoms with Crippen LogP contribution in [0.5, 0.6) is 5.75 Å². The maximum absolute atomic E-state index is 13.5. The Hall–Kier alpha value is -2.36. The molecule has 0 aliphatic carbocycles. The standard InChI is InChI=1S/C18H18FNO2/c1-22-16-6-2-4-13(10-16)11-18(21)20-9-3-5-14-7-8-15(19)12-17(14)20/h2,4,6-8,10,12H,3,5,9,11H2,1H3. The average molecular weight is 299 g/mol. The van der Waals surface area contributed by atoms with Crippen LogP contribution in [0.2, 0.25) is 0 Å². The van der Waals surface area contributed by atoms with Crippen LogP contribution in [0.1, 0.15) is 17.5 Å². The number of hydrogen-bond donors (Lipinski definition) is 0. The first-order chi connectivity index (χ1) is 10.7. The Labute approximate surface area is 129 Å². The quantitative estimate of drug-likeness (QED) is 0.870. The van der Waals surface area contributed by atoms with E-state index in [1.54, 1.807) is 18.1 Å². The minimum Gasteiger partial charge on any atom is -0.497 e. The zero-order chi connectivity index (χ0) is 15.5. The molecule has 4 heteroatoms. The summed E-state index contributed by atoms with van der Waals surface area (Å²) in [6.45, 7) is 0.638. The van der Waals surface area contributed by atoms with Gasteiger partial charge in [-0.25, -0.2) is 4.39 Å². The molecule has 0 radical (unpaired) electrons. The molecule has 0 fully saturated rings. The van der Waals surface area contributed by atoms with Crippen molar-refractivity contribution in [3.63, 3.8) is 0 Å². The molecule has 0 bridgehead atoms. The highest BCUT2D eigenvalue weighted by molar-refractivity contribution is 5.95. The SMILES string of the molecule is COc1cccc(CC(=O)N2CCCc3ccc(F)cc32)c1. The number of benzene rings is 2. The fourth-order valence-electron chi connectivity index (χ4n) is 2.86. The van der Waals surface area contributed by atoms with Gasteiger partial charge in [0.15, 0.2) is 0 Å². The molecule has 3 rings (SSSR count). The lowest BCUT2D eigenvalue weighted by Crippen LogP contribution is -2.36. The highest BCUT2D eigenvalue weighted by Crippen LogP contribution is 2.28. The van der Waals surface area contributed by atoms with Crippen molar-refractivity contribution in [2.24, 2.45) is 0 Å². The number of ether oxygens (including phenoxy) is 1. The van der Waals surface area contributed by atoms with Gasteiger partial charge in [0.1, 0.15) is 11.6 Å². The van der Waals surface area contributed by atoms with Gasteiger partial charge >= 0.3 is 0 Å². The fraction of sp³-hybridized carbons (Fsp3) is 0.278. The summed E-state index contributed by atoms with van der Waals surface area (Å²) < 4.78 is 18.7. The first kappa shape index (κ1) is 14.6. The average Bonchev–Trinajstić information content (AvgIpc) is 2.54. The summed E-state index contributed by atoms with van der Waals surface area (Å²) in [5, 5.41) is 0. The van der Waals surface area contributed by atoms with Crippen LogP contribution in [0, 0.1) is 5.82 Å². The first-order valence-corrected chi connectivity index (χ1v) is 7.39. The molecule has 0 aromatic heterocycles. The number of methoxy groups -OCH3 is 1. The summed E-state index contributed by atoms with van der Waals surface area (Å²) >= 11 is 0. The van der Waals surface area contributed by atoms with Crippen LogP contribution in [0.25, 0.3) is 0 Å². The lowest BCUT2D eigenvalue weighted by molar-refractivity contribution is -0.118. The molecule has 1 heterocycles. The summed E-state index contributed by atoms with van der Waals surface area (Å²) in [4.78, 5) is 14.3. The zero-order valence-electron chi connectivity index (χ0n) is 12.5. The number of fused-ring (bicyclic) bond motifs is 1. The van der Waals surface area contributed by atoms with E-state index in [1.165, 1.54) is 12.1 Å². The number of carbonyl (C=O) groups is 1. The normalized spacial score (nSPS) is 13.6. The maximum atomic E-state index is 13.5. The van der Waals surface area contributed by atoms with E-state index >= 15 is 0 Å². The Kier molecular flexibility index (Phi) is 4.09. The van der Waals surface area contributed by atoms with Crippen LogP contribution in [0.15, 0.2) is 42.5 Å². The maximum Gasteiger partial charge on any atom is 0.231 e. The molecule has 0 N–H and O–H groups in total. The number of halogens is 1. The Bertz CT molecular complexity index is 699. The van der Waals surface area contributed by atoms with E-state index in [-0.39, 0.29) is 18.1 Å². The predicted molar refractivity (Wildman–Crippen MR) is 83.8 cm³/mol. The van der Waals surface area contributed by atoms with Gasteiger partial charge in [0.2, 0.25) is 5.91 Å². The number of aryl methyl sites for hydroxylation is 1. The second-order valence-corrected chi connectivity index (χ2v) is 5.45. The molecule has 1 amide bonds. The molecular weight excluding hydrogens is 281 g/mol. The second kappa shape index (κ2) is 6.18. The molecule has 0 unspecified atom stereocenters. The lowest BCUT2D eigenvalue weighted by atomic mass is 10.0. The summed E-state index contributed by atoms with van der Waals surface area (Å²) in [7, 11) is 1.60. The Morgan fingerprint density at radius 3 is 2.95 bits per heavy atom. The van der Waals surface area contributed by atoms with Crippen LogP contribution < -0.4 is 9.64 Å². The number of hydrogen-bond acceptors (Lipinski definition) is 2. The minimum absolute atomic E-state index is 0.0141. The van der Waals surface area contributed by atoms with E-state index in [4.69, 9.17) is 4.74 Å². The third-order valence-electron chi connectivity index (χ3n) is 3.96. The highest BCUT2D eigenvalue weighted by atomic mass is 19.1. The first-order valence-electron chi connectivity index (χ1n) is 7.39. The van der Waals surface area contributed by atoms with Crippen molar-refractivity contribution in [2.75, 3.05) is 18.6 Å². The van der Waals surface area contributed by atoms with Crippen molar-refractivity contribution in [1.82, 2.24) is 0 Å². The van der Waals surface area contributed by atoms with E-state index in [9.17, 15) is 9.18 Å². The number of anilines is 1. The Morgan fingerprint density at radius 2 is 2.14 bits per heavy atom. The third-order valence-corrected chi connectivity index (χ3v) is 3.96. The van der Waals surface area contributed by atoms with Gasteiger partial charge < -0.3 is 9.64 Å². The van der Waals surface area contributed by atoms with Gasteiger partial charge in [-0.2, -0.15) is 0 Å². The number of carbonyl (C=O) groups excluding carboxylic acids is 1. The van der Waals surface area contributed by atoms with Gasteiger partial charge in [0.05, 0.1) is 13.5 Å². The Morgan fingerprint density at radius 1 is 1.27 bits per heavy atom. The van der Waals surface area contributed by atoms with Crippen LogP contribution in [0.3, 0.4) is 0 Å². The predicted octanol–water partition coefficient (Wildman–Crippen LogP) is 3.36. The van der Waals surface area contributed by atoms with Gasteiger partial charge in [-0.3, -0.25) is 4.79 Å². The fourth-order valence-corrected chi connectivity index (χ4v) is 2.86. The van der Waals surface area contributed by atoms with Gasteiger partial charge in [-0.15, -0.1) is 0 Å². The summed E-state index contributed by atoms with van der Waals surface area (Å²) in [5.41, 5.74) is 2.64. The van der Waals surface area contributed by atoms with Gasteiger partial charge in [-0.05, 0) is 48.2 Å². The molecule has 0 saturated carbocycles. The molecule has 22 heavy (non-hydrogen) atoms. The van der Waals surface area contributed by atoms with E-state index in [0.29, 0.717) is 12.2 Å². The summed E-state index contributed by atoms with van der Waals surface area (Å²) in [6.07, 6.45) is 2.08. The molecular formula is C18H18FNO2. The van der Waals surface area contributed by atoms with Crippen molar-refractivity contribution in [3.05, 3.63) is 59.4 Å². The highest BCUT2D eigenvalue weighted by Gasteiger charge is 2.23. The van der Waals surface area contributed by atoms with E-state index in [2.05, 4.69) is 0 Å². The topological polar surface area (TPSA) is 29.5 Å². The number of rotatable bonds is 3. The van der Waals surface area contributed by atoms with Gasteiger partial charge in [-0.1, -0.05) is 18.2 Å². The largest absolute Gasteiger partial charge is 0.497 e. The van der Waals surface area contributed by atoms with Crippen molar-refractivity contribution < 1.29 is 13.9 Å². The molecule has 3 nitrogen and oxygen atoms in total. The molecule has 2 aromatic rings. The van der Waals surface area contributed by atoms with Crippen LogP contribution >= 0.6 is 0 Å². The molecule has 1 aliphatic rings. The van der Waals surface area contributed by atoms with E-state index in [0.717, 1.165) is 29.7 Å². The van der Waals surface area contributed by atoms with Crippen molar-refractivity contribution in [1.29, 1.82) is 0 Å². The molecule has 1 aliphatic heterocycles. The smallest absolute Gasteiger partial charge is 0.231 e. The van der Waals surface area contributed by atoms with Crippen molar-refractivity contribution in [2.45, 2.75) is 19.3 Å². The van der Waals surface area contributed by atoms with E-state index in [1.807, 2.05) is 24.3 Å². The van der Waals surface area contributed by atoms with Crippen molar-refractivity contribution >= 4 is 11.6 Å². The van der Waals surface area contributed by atoms with Crippen LogP contribution in [-0.2, 0) is 17.6 Å². The second-order valence-electron chi connectivity index (χ2n) is 5.45. The van der Waals surface area contributed by atoms with E-state index < -0.39 is 0 Å². The monoisotopic (exact) mass is 299 g/mol. The van der Waals surface area contributed by atoms with Gasteiger partial charge in [0, 0.05) is 12.2 Å². The van der Waals surface area contributed by atoms with Gasteiger partial charge in [0.25, 0.3) is 0 Å². The zero-order valence-corrected chi connectivity index (χ0v) is 12.5. The van der Waals surface area contributed by atoms with Crippen LogP contribution in [-0.4, -0.2) is 19.6 Å². The summed E-state index contributed by atoms with van der Waals surface area (Å²) in [6, 6.07) is 12.2. The summed E-state index contributed by atoms with van der Waals surface area (Å²) in [5.74, 6) is 0.412. The van der Waals surface area contributed by atoms with Crippen LogP contribution in [0.4, 0.5) is 10.1 Å². The minimum atomic E-state index is -0.306. The van der Waals surface area contributed by atoms with Crippen molar-refractivity contribution in [3.8, 4) is 5.75 Å². The molecule has 0 saturated heterocycles. The third kappa shape index (κ3) is 2.96. The molecule has 114 valence electrons. The Balaban J connectivity index is 1.83. The number of nitrogens with zero attached hydrogens (tertiary/aromatic N) is 1.